The van der Waals surface area contributed by atoms with Crippen LogP contribution in [0.2, 0.25) is 0 Å². The molecule has 1 saturated carbocycles. The highest BCUT2D eigenvalue weighted by molar-refractivity contribution is 5.94. The predicted octanol–water partition coefficient (Wildman–Crippen LogP) is 4.43. The summed E-state index contributed by atoms with van der Waals surface area (Å²) in [6, 6.07) is 7.84. The number of rotatable bonds is 6. The summed E-state index contributed by atoms with van der Waals surface area (Å²) in [5, 5.41) is 3.23. The second kappa shape index (κ2) is 7.44. The van der Waals surface area contributed by atoms with Crippen LogP contribution in [0.4, 0.5) is 0 Å². The smallest absolute Gasteiger partial charge is 0.251 e. The fourth-order valence-corrected chi connectivity index (χ4v) is 3.43. The zero-order chi connectivity index (χ0) is 16.1. The molecule has 0 saturated heterocycles. The Morgan fingerprint density at radius 3 is 2.83 bits per heavy atom. The van der Waals surface area contributed by atoms with Gasteiger partial charge < -0.3 is 9.73 Å². The second-order valence-electron chi connectivity index (χ2n) is 6.36. The van der Waals surface area contributed by atoms with Gasteiger partial charge in [0.05, 0.1) is 6.20 Å². The Morgan fingerprint density at radius 2 is 2.13 bits per heavy atom. The van der Waals surface area contributed by atoms with Crippen LogP contribution >= 0.6 is 0 Å². The van der Waals surface area contributed by atoms with Crippen molar-refractivity contribution in [3.8, 4) is 11.3 Å². The van der Waals surface area contributed by atoms with Crippen LogP contribution in [-0.4, -0.2) is 16.9 Å². The van der Waals surface area contributed by atoms with E-state index in [0.717, 1.165) is 12.0 Å². The third-order valence-electron chi connectivity index (χ3n) is 4.77. The average Bonchev–Trinajstić information content (AvgIpc) is 3.25. The highest BCUT2D eigenvalue weighted by Crippen LogP contribution is 2.30. The number of unbranched alkanes of at least 4 members (excludes halogenated alkanes) is 1. The Morgan fingerprint density at radius 1 is 1.30 bits per heavy atom. The van der Waals surface area contributed by atoms with Crippen molar-refractivity contribution in [2.75, 3.05) is 0 Å². The van der Waals surface area contributed by atoms with E-state index in [1.807, 2.05) is 24.3 Å². The number of nitrogens with zero attached hydrogens (tertiary/aromatic N) is 1. The number of nitrogens with one attached hydrogen (secondary N) is 1. The molecule has 0 bridgehead atoms. The summed E-state index contributed by atoms with van der Waals surface area (Å²) in [5.41, 5.74) is 1.63. The lowest BCUT2D eigenvalue weighted by Gasteiger charge is -2.21. The monoisotopic (exact) mass is 312 g/mol. The number of carbonyl (C=O) groups is 1. The molecule has 2 atom stereocenters. The van der Waals surface area contributed by atoms with E-state index in [0.29, 0.717) is 23.3 Å². The lowest BCUT2D eigenvalue weighted by molar-refractivity contribution is 0.0926. The van der Waals surface area contributed by atoms with Crippen molar-refractivity contribution in [3.63, 3.8) is 0 Å². The van der Waals surface area contributed by atoms with Crippen LogP contribution in [0.3, 0.4) is 0 Å². The molecule has 23 heavy (non-hydrogen) atoms. The molecule has 0 spiro atoms. The minimum Gasteiger partial charge on any atom is -0.444 e. The number of aromatic nitrogens is 1. The largest absolute Gasteiger partial charge is 0.444 e. The average molecular weight is 312 g/mol. The van der Waals surface area contributed by atoms with Crippen molar-refractivity contribution in [1.29, 1.82) is 0 Å². The van der Waals surface area contributed by atoms with E-state index in [1.54, 1.807) is 6.20 Å². The van der Waals surface area contributed by atoms with Gasteiger partial charge in [0, 0.05) is 17.2 Å². The fourth-order valence-electron chi connectivity index (χ4n) is 3.43. The standard InChI is InChI=1S/C19H24N2O2/c1-2-3-5-14-6-4-7-17(14)21-19(22)16-10-8-15(9-11-16)18-12-20-13-23-18/h8-14,17H,2-7H2,1H3,(H,21,22). The molecule has 1 aliphatic carbocycles. The van der Waals surface area contributed by atoms with E-state index in [2.05, 4.69) is 17.2 Å². The maximum atomic E-state index is 12.5. The minimum atomic E-state index is 0.0301. The van der Waals surface area contributed by atoms with Crippen molar-refractivity contribution in [2.24, 2.45) is 5.92 Å². The Bertz CT molecular complexity index is 619. The molecule has 1 amide bonds. The number of benzene rings is 1. The molecule has 1 aromatic heterocycles. The van der Waals surface area contributed by atoms with Crippen LogP contribution in [-0.2, 0) is 0 Å². The molecule has 1 N–H and O–H groups in total. The minimum absolute atomic E-state index is 0.0301. The summed E-state index contributed by atoms with van der Waals surface area (Å²) in [7, 11) is 0. The maximum absolute atomic E-state index is 12.5. The Kier molecular flexibility index (Phi) is 5.11. The van der Waals surface area contributed by atoms with Crippen LogP contribution in [0.1, 0.15) is 55.8 Å². The first-order chi connectivity index (χ1) is 11.3. The van der Waals surface area contributed by atoms with Crippen molar-refractivity contribution >= 4 is 5.91 Å². The van der Waals surface area contributed by atoms with E-state index in [1.165, 1.54) is 38.5 Å². The number of amides is 1. The zero-order valence-electron chi connectivity index (χ0n) is 13.6. The van der Waals surface area contributed by atoms with Crippen LogP contribution in [0, 0.1) is 5.92 Å². The third kappa shape index (κ3) is 3.81. The molecule has 0 aliphatic heterocycles. The van der Waals surface area contributed by atoms with Crippen molar-refractivity contribution in [1.82, 2.24) is 10.3 Å². The van der Waals surface area contributed by atoms with Gasteiger partial charge in [-0.3, -0.25) is 4.79 Å². The van der Waals surface area contributed by atoms with Crippen LogP contribution in [0.15, 0.2) is 41.3 Å². The van der Waals surface area contributed by atoms with E-state index in [-0.39, 0.29) is 5.91 Å². The molecule has 4 nitrogen and oxygen atoms in total. The molecular weight excluding hydrogens is 288 g/mol. The van der Waals surface area contributed by atoms with Gasteiger partial charge in [0.1, 0.15) is 0 Å². The number of carbonyl (C=O) groups excluding carboxylic acids is 1. The van der Waals surface area contributed by atoms with Gasteiger partial charge in [0.2, 0.25) is 0 Å². The molecule has 1 heterocycles. The third-order valence-corrected chi connectivity index (χ3v) is 4.77. The van der Waals surface area contributed by atoms with Gasteiger partial charge in [-0.2, -0.15) is 0 Å². The Hall–Kier alpha value is -2.10. The summed E-state index contributed by atoms with van der Waals surface area (Å²) in [5.74, 6) is 1.39. The van der Waals surface area contributed by atoms with E-state index in [9.17, 15) is 4.79 Å². The molecule has 3 rings (SSSR count). The highest BCUT2D eigenvalue weighted by Gasteiger charge is 2.28. The SMILES string of the molecule is CCCCC1CCCC1NC(=O)c1ccc(-c2cnco2)cc1. The van der Waals surface area contributed by atoms with Crippen molar-refractivity contribution in [3.05, 3.63) is 42.4 Å². The molecule has 122 valence electrons. The molecule has 1 aromatic carbocycles. The summed E-state index contributed by atoms with van der Waals surface area (Å²) in [6.07, 6.45) is 10.4. The zero-order valence-corrected chi connectivity index (χ0v) is 13.6. The van der Waals surface area contributed by atoms with Crippen molar-refractivity contribution in [2.45, 2.75) is 51.5 Å². The van der Waals surface area contributed by atoms with Gasteiger partial charge in [-0.05, 0) is 37.3 Å². The van der Waals surface area contributed by atoms with Gasteiger partial charge in [0.25, 0.3) is 5.91 Å². The quantitative estimate of drug-likeness (QED) is 0.858. The first kappa shape index (κ1) is 15.8. The maximum Gasteiger partial charge on any atom is 0.251 e. The first-order valence-electron chi connectivity index (χ1n) is 8.57. The molecule has 1 fully saturated rings. The van der Waals surface area contributed by atoms with Gasteiger partial charge in [0.15, 0.2) is 12.2 Å². The van der Waals surface area contributed by atoms with Gasteiger partial charge in [-0.1, -0.05) is 38.3 Å². The first-order valence-corrected chi connectivity index (χ1v) is 8.57. The molecule has 0 radical (unpaired) electrons. The number of oxazole rings is 1. The molecule has 4 heteroatoms. The van der Waals surface area contributed by atoms with Gasteiger partial charge in [-0.25, -0.2) is 4.98 Å². The molecule has 2 unspecified atom stereocenters. The topological polar surface area (TPSA) is 55.1 Å². The predicted molar refractivity (Wildman–Crippen MR) is 90.1 cm³/mol. The highest BCUT2D eigenvalue weighted by atomic mass is 16.3. The van der Waals surface area contributed by atoms with Crippen LogP contribution in [0.25, 0.3) is 11.3 Å². The summed E-state index contributed by atoms with van der Waals surface area (Å²) in [4.78, 5) is 16.4. The van der Waals surface area contributed by atoms with Gasteiger partial charge in [-0.15, -0.1) is 0 Å². The number of hydrogen-bond acceptors (Lipinski definition) is 3. The lowest BCUT2D eigenvalue weighted by atomic mass is 9.96. The Labute approximate surface area is 137 Å². The normalized spacial score (nSPS) is 20.6. The fraction of sp³-hybridized carbons (Fsp3) is 0.474. The molecule has 1 aliphatic rings. The summed E-state index contributed by atoms with van der Waals surface area (Å²) >= 11 is 0. The van der Waals surface area contributed by atoms with Crippen molar-refractivity contribution < 1.29 is 9.21 Å². The van der Waals surface area contributed by atoms with E-state index >= 15 is 0 Å². The molecular formula is C19H24N2O2. The van der Waals surface area contributed by atoms with Crippen LogP contribution in [0.5, 0.6) is 0 Å². The Balaban J connectivity index is 1.61. The lowest BCUT2D eigenvalue weighted by Crippen LogP contribution is -2.37. The van der Waals surface area contributed by atoms with Gasteiger partial charge >= 0.3 is 0 Å². The van der Waals surface area contributed by atoms with E-state index < -0.39 is 0 Å². The molecule has 2 aromatic rings. The summed E-state index contributed by atoms with van der Waals surface area (Å²) in [6.45, 7) is 2.22. The van der Waals surface area contributed by atoms with E-state index in [4.69, 9.17) is 4.42 Å². The summed E-state index contributed by atoms with van der Waals surface area (Å²) < 4.78 is 5.27. The van der Waals surface area contributed by atoms with Crippen LogP contribution < -0.4 is 5.32 Å². The second-order valence-corrected chi connectivity index (χ2v) is 6.36. The number of hydrogen-bond donors (Lipinski definition) is 1.